The summed E-state index contributed by atoms with van der Waals surface area (Å²) >= 11 is 1.48. The van der Waals surface area contributed by atoms with Crippen molar-refractivity contribution in [3.63, 3.8) is 0 Å². The molecular weight excluding hydrogens is 371 g/mol. The molecule has 1 aliphatic heterocycles. The normalized spacial score (nSPS) is 13.0. The van der Waals surface area contributed by atoms with Gasteiger partial charge in [0.05, 0.1) is 6.61 Å². The summed E-state index contributed by atoms with van der Waals surface area (Å²) in [6, 6.07) is 2.68. The minimum Gasteiger partial charge on any atom is -0.467 e. The van der Waals surface area contributed by atoms with Crippen molar-refractivity contribution in [2.45, 2.75) is 45.1 Å². The highest BCUT2D eigenvalue weighted by Gasteiger charge is 2.18. The van der Waals surface area contributed by atoms with Crippen molar-refractivity contribution in [1.29, 1.82) is 0 Å². The van der Waals surface area contributed by atoms with Crippen LogP contribution in [0, 0.1) is 19.7 Å². The molecule has 0 unspecified atom stereocenters. The summed E-state index contributed by atoms with van der Waals surface area (Å²) in [5.74, 6) is -0.248. The van der Waals surface area contributed by atoms with Crippen molar-refractivity contribution in [3.05, 3.63) is 46.0 Å². The molecule has 0 radical (unpaired) electrons. The highest BCUT2D eigenvalue weighted by Crippen LogP contribution is 2.30. The Kier molecular flexibility index (Phi) is 6.28. The molecule has 0 N–H and O–H groups in total. The van der Waals surface area contributed by atoms with Gasteiger partial charge in [-0.1, -0.05) is 11.8 Å². The van der Waals surface area contributed by atoms with Gasteiger partial charge < -0.3 is 14.2 Å². The minimum atomic E-state index is -0.411. The molecule has 0 bridgehead atoms. The number of carbonyl (C=O) groups is 1. The zero-order valence-electron chi connectivity index (χ0n) is 15.5. The smallest absolute Gasteiger partial charge is 0.306 e. The molecule has 0 amide bonds. The van der Waals surface area contributed by atoms with E-state index in [1.54, 1.807) is 0 Å². The Labute approximate surface area is 161 Å². The van der Waals surface area contributed by atoms with Crippen molar-refractivity contribution in [2.24, 2.45) is 0 Å². The van der Waals surface area contributed by atoms with E-state index in [1.165, 1.54) is 23.9 Å². The molecule has 1 aromatic heterocycles. The molecular formula is C19H21FN2O4S. The third kappa shape index (κ3) is 4.75. The largest absolute Gasteiger partial charge is 0.467 e. The van der Waals surface area contributed by atoms with Gasteiger partial charge in [-0.3, -0.25) is 4.79 Å². The second-order valence-electron chi connectivity index (χ2n) is 6.18. The number of carbonyl (C=O) groups excluding carboxylic acids is 1. The summed E-state index contributed by atoms with van der Waals surface area (Å²) in [5, 5.41) is 0.719. The number of thioether (sulfide) groups is 1. The molecule has 2 aromatic rings. The highest BCUT2D eigenvalue weighted by molar-refractivity contribution is 7.98. The van der Waals surface area contributed by atoms with Crippen LogP contribution in [-0.4, -0.2) is 29.0 Å². The number of halogens is 1. The van der Waals surface area contributed by atoms with Crippen LogP contribution in [0.3, 0.4) is 0 Å². The number of esters is 1. The van der Waals surface area contributed by atoms with Crippen LogP contribution in [0.5, 0.6) is 5.75 Å². The van der Waals surface area contributed by atoms with Crippen LogP contribution in [-0.2, 0) is 33.9 Å². The summed E-state index contributed by atoms with van der Waals surface area (Å²) in [6.07, 6.45) is 2.62. The molecule has 2 heterocycles. The van der Waals surface area contributed by atoms with E-state index in [0.717, 1.165) is 22.1 Å². The maximum Gasteiger partial charge on any atom is 0.306 e. The lowest BCUT2D eigenvalue weighted by molar-refractivity contribution is -0.145. The molecule has 0 saturated heterocycles. The van der Waals surface area contributed by atoms with Gasteiger partial charge in [-0.15, -0.1) is 0 Å². The zero-order chi connectivity index (χ0) is 19.4. The molecule has 0 aliphatic carbocycles. The van der Waals surface area contributed by atoms with Gasteiger partial charge in [0.15, 0.2) is 11.9 Å². The molecule has 144 valence electrons. The summed E-state index contributed by atoms with van der Waals surface area (Å²) in [4.78, 5) is 21.0. The lowest BCUT2D eigenvalue weighted by Crippen LogP contribution is -2.15. The monoisotopic (exact) mass is 392 g/mol. The van der Waals surface area contributed by atoms with E-state index in [2.05, 4.69) is 9.97 Å². The summed E-state index contributed by atoms with van der Waals surface area (Å²) in [5.41, 5.74) is 3.80. The lowest BCUT2D eigenvalue weighted by Gasteiger charge is -2.20. The molecule has 0 saturated carbocycles. The predicted molar refractivity (Wildman–Crippen MR) is 98.1 cm³/mol. The van der Waals surface area contributed by atoms with Gasteiger partial charge in [0, 0.05) is 28.9 Å². The Hall–Kier alpha value is -2.19. The quantitative estimate of drug-likeness (QED) is 0.423. The molecule has 1 aliphatic rings. The van der Waals surface area contributed by atoms with E-state index < -0.39 is 5.82 Å². The fourth-order valence-electron chi connectivity index (χ4n) is 2.98. The number of rotatable bonds is 6. The standard InChI is InChI=1S/C19H21FN2O4S/c1-11-16(12(2)22-19(21-11)27-3)4-5-17(23)25-9-14-7-15(20)6-13-8-24-10-26-18(13)14/h6-7H,4-5,8-10H2,1-3H3. The number of aromatic nitrogens is 2. The van der Waals surface area contributed by atoms with Gasteiger partial charge in [0.2, 0.25) is 0 Å². The Morgan fingerprint density at radius 1 is 1.30 bits per heavy atom. The van der Waals surface area contributed by atoms with Crippen LogP contribution >= 0.6 is 11.8 Å². The van der Waals surface area contributed by atoms with Crippen molar-refractivity contribution in [3.8, 4) is 5.75 Å². The van der Waals surface area contributed by atoms with Crippen molar-refractivity contribution in [2.75, 3.05) is 13.0 Å². The summed E-state index contributed by atoms with van der Waals surface area (Å²) in [6.45, 7) is 4.16. The van der Waals surface area contributed by atoms with Crippen molar-refractivity contribution in [1.82, 2.24) is 9.97 Å². The minimum absolute atomic E-state index is 0.0429. The van der Waals surface area contributed by atoms with Gasteiger partial charge in [-0.05, 0) is 44.2 Å². The first kappa shape index (κ1) is 19.6. The maximum atomic E-state index is 13.7. The van der Waals surface area contributed by atoms with Crippen LogP contribution in [0.25, 0.3) is 0 Å². The number of nitrogens with zero attached hydrogens (tertiary/aromatic N) is 2. The molecule has 0 fully saturated rings. The first-order valence-electron chi connectivity index (χ1n) is 8.53. The van der Waals surface area contributed by atoms with Gasteiger partial charge in [0.1, 0.15) is 18.2 Å². The number of hydrogen-bond donors (Lipinski definition) is 0. The number of hydrogen-bond acceptors (Lipinski definition) is 7. The molecule has 0 spiro atoms. The zero-order valence-corrected chi connectivity index (χ0v) is 16.3. The topological polar surface area (TPSA) is 70.5 Å². The van der Waals surface area contributed by atoms with E-state index in [0.29, 0.717) is 23.3 Å². The molecule has 6 nitrogen and oxygen atoms in total. The highest BCUT2D eigenvalue weighted by atomic mass is 32.2. The average molecular weight is 392 g/mol. The van der Waals surface area contributed by atoms with Crippen molar-refractivity contribution >= 4 is 17.7 Å². The molecule has 0 atom stereocenters. The van der Waals surface area contributed by atoms with Gasteiger partial charge in [-0.25, -0.2) is 14.4 Å². The van der Waals surface area contributed by atoms with Crippen LogP contribution in [0.15, 0.2) is 17.3 Å². The van der Waals surface area contributed by atoms with E-state index >= 15 is 0 Å². The van der Waals surface area contributed by atoms with Crippen LogP contribution in [0.2, 0.25) is 0 Å². The van der Waals surface area contributed by atoms with Crippen molar-refractivity contribution < 1.29 is 23.4 Å². The molecule has 3 rings (SSSR count). The number of benzene rings is 1. The Bertz CT molecular complexity index is 837. The van der Waals surface area contributed by atoms with Crippen LogP contribution < -0.4 is 4.74 Å². The second kappa shape index (κ2) is 8.67. The van der Waals surface area contributed by atoms with Crippen LogP contribution in [0.4, 0.5) is 4.39 Å². The number of ether oxygens (including phenoxy) is 3. The van der Waals surface area contributed by atoms with Gasteiger partial charge in [-0.2, -0.15) is 0 Å². The fraction of sp³-hybridized carbons (Fsp3) is 0.421. The Morgan fingerprint density at radius 2 is 2.04 bits per heavy atom. The lowest BCUT2D eigenvalue weighted by atomic mass is 10.1. The summed E-state index contributed by atoms with van der Waals surface area (Å²) < 4.78 is 29.6. The predicted octanol–water partition coefficient (Wildman–Crippen LogP) is 3.50. The summed E-state index contributed by atoms with van der Waals surface area (Å²) in [7, 11) is 0. The van der Waals surface area contributed by atoms with Gasteiger partial charge >= 0.3 is 5.97 Å². The first-order chi connectivity index (χ1) is 13.0. The van der Waals surface area contributed by atoms with E-state index in [4.69, 9.17) is 14.2 Å². The molecule has 27 heavy (non-hydrogen) atoms. The average Bonchev–Trinajstić information content (AvgIpc) is 2.65. The first-order valence-corrected chi connectivity index (χ1v) is 9.76. The van der Waals surface area contributed by atoms with Crippen LogP contribution in [0.1, 0.15) is 34.5 Å². The van der Waals surface area contributed by atoms with Gasteiger partial charge in [0.25, 0.3) is 0 Å². The van der Waals surface area contributed by atoms with E-state index in [9.17, 15) is 9.18 Å². The molecule has 8 heteroatoms. The molecule has 1 aromatic carbocycles. The van der Waals surface area contributed by atoms with E-state index in [1.807, 2.05) is 20.1 Å². The SMILES string of the molecule is CSc1nc(C)c(CCC(=O)OCc2cc(F)cc3c2OCOC3)c(C)n1. The second-order valence-corrected chi connectivity index (χ2v) is 6.96. The third-order valence-corrected chi connectivity index (χ3v) is 4.85. The third-order valence-electron chi connectivity index (χ3n) is 4.30. The van der Waals surface area contributed by atoms with E-state index in [-0.39, 0.29) is 32.4 Å². The number of aryl methyl sites for hydroxylation is 2. The fourth-order valence-corrected chi connectivity index (χ4v) is 3.44. The Balaban J connectivity index is 1.61. The maximum absolute atomic E-state index is 13.7. The number of fused-ring (bicyclic) bond motifs is 1. The Morgan fingerprint density at radius 3 is 2.74 bits per heavy atom.